The third kappa shape index (κ3) is 3.40. The second kappa shape index (κ2) is 6.11. The Balaban J connectivity index is 2.15. The number of nitrogens with zero attached hydrogens (tertiary/aromatic N) is 1. The third-order valence-corrected chi connectivity index (χ3v) is 3.30. The largest absolute Gasteiger partial charge is 0.487 e. The summed E-state index contributed by atoms with van der Waals surface area (Å²) in [5.74, 6) is 0.537. The summed E-state index contributed by atoms with van der Waals surface area (Å²) < 4.78 is 5.55. The molecule has 0 N–H and O–H groups in total. The Morgan fingerprint density at radius 2 is 1.90 bits per heavy atom. The second-order valence-corrected chi connectivity index (χ2v) is 5.08. The first-order valence-corrected chi connectivity index (χ1v) is 6.55. The minimum Gasteiger partial charge on any atom is -0.487 e. The molecular weight excluding hydrogens is 301 g/mol. The summed E-state index contributed by atoms with van der Waals surface area (Å²) in [6.45, 7) is 2.11. The van der Waals surface area contributed by atoms with Crippen molar-refractivity contribution in [3.8, 4) is 5.75 Å². The number of rotatable bonds is 4. The summed E-state index contributed by atoms with van der Waals surface area (Å²) in [4.78, 5) is 10.3. The Labute approximate surface area is 126 Å². The van der Waals surface area contributed by atoms with E-state index in [1.165, 1.54) is 12.1 Å². The Kier molecular flexibility index (Phi) is 4.47. The molecule has 0 saturated carbocycles. The minimum absolute atomic E-state index is 0.104. The molecule has 0 radical (unpaired) electrons. The molecule has 2 aromatic rings. The quantitative estimate of drug-likeness (QED) is 0.602. The van der Waals surface area contributed by atoms with Crippen molar-refractivity contribution in [1.82, 2.24) is 0 Å². The Morgan fingerprint density at radius 1 is 1.15 bits per heavy atom. The van der Waals surface area contributed by atoms with Crippen LogP contribution in [0.15, 0.2) is 36.4 Å². The van der Waals surface area contributed by atoms with E-state index in [9.17, 15) is 10.1 Å². The fourth-order valence-corrected chi connectivity index (χ4v) is 2.15. The van der Waals surface area contributed by atoms with Crippen LogP contribution in [0, 0.1) is 17.0 Å². The molecule has 0 bridgehead atoms. The molecule has 0 spiro atoms. The predicted molar refractivity (Wildman–Crippen MR) is 78.6 cm³/mol. The number of ether oxygens (including phenoxy) is 1. The van der Waals surface area contributed by atoms with Crippen molar-refractivity contribution in [3.05, 3.63) is 67.7 Å². The minimum atomic E-state index is -0.523. The van der Waals surface area contributed by atoms with Gasteiger partial charge in [-0.15, -0.1) is 0 Å². The van der Waals surface area contributed by atoms with Gasteiger partial charge in [0.25, 0.3) is 5.69 Å². The topological polar surface area (TPSA) is 52.4 Å². The van der Waals surface area contributed by atoms with E-state index in [2.05, 4.69) is 0 Å². The molecule has 104 valence electrons. The summed E-state index contributed by atoms with van der Waals surface area (Å²) in [6, 6.07) is 9.99. The fraction of sp³-hybridized carbons (Fsp3) is 0.143. The molecule has 0 unspecified atom stereocenters. The van der Waals surface area contributed by atoms with E-state index in [1.807, 2.05) is 13.0 Å². The van der Waals surface area contributed by atoms with Crippen LogP contribution in [0.4, 0.5) is 5.69 Å². The van der Waals surface area contributed by atoms with Crippen molar-refractivity contribution in [2.45, 2.75) is 13.5 Å². The van der Waals surface area contributed by atoms with Crippen molar-refractivity contribution in [2.75, 3.05) is 0 Å². The highest BCUT2D eigenvalue weighted by Crippen LogP contribution is 2.28. The van der Waals surface area contributed by atoms with Crippen LogP contribution in [0.25, 0.3) is 0 Å². The number of aryl methyl sites for hydroxylation is 1. The number of halogens is 2. The van der Waals surface area contributed by atoms with Crippen LogP contribution in [-0.2, 0) is 6.61 Å². The van der Waals surface area contributed by atoms with Gasteiger partial charge in [0, 0.05) is 6.07 Å². The van der Waals surface area contributed by atoms with Gasteiger partial charge < -0.3 is 4.74 Å². The highest BCUT2D eigenvalue weighted by Gasteiger charge is 2.13. The lowest BCUT2D eigenvalue weighted by atomic mass is 10.2. The lowest BCUT2D eigenvalue weighted by Crippen LogP contribution is -1.98. The summed E-state index contributed by atoms with van der Waals surface area (Å²) in [5, 5.41) is 11.4. The molecule has 20 heavy (non-hydrogen) atoms. The second-order valence-electron chi connectivity index (χ2n) is 4.27. The summed E-state index contributed by atoms with van der Waals surface area (Å²) >= 11 is 11.8. The van der Waals surface area contributed by atoms with Crippen LogP contribution in [0.5, 0.6) is 5.75 Å². The van der Waals surface area contributed by atoms with E-state index in [4.69, 9.17) is 27.9 Å². The van der Waals surface area contributed by atoms with Crippen molar-refractivity contribution in [2.24, 2.45) is 0 Å². The lowest BCUT2D eigenvalue weighted by Gasteiger charge is -2.09. The van der Waals surface area contributed by atoms with E-state index in [0.717, 1.165) is 5.56 Å². The Morgan fingerprint density at radius 3 is 2.55 bits per heavy atom. The number of hydrogen-bond donors (Lipinski definition) is 0. The molecule has 2 rings (SSSR count). The van der Waals surface area contributed by atoms with E-state index in [1.54, 1.807) is 18.2 Å². The maximum absolute atomic E-state index is 10.8. The zero-order chi connectivity index (χ0) is 14.7. The van der Waals surface area contributed by atoms with Crippen LogP contribution in [0.3, 0.4) is 0 Å². The molecule has 0 amide bonds. The maximum Gasteiger partial charge on any atom is 0.288 e. The number of benzene rings is 2. The van der Waals surface area contributed by atoms with E-state index >= 15 is 0 Å². The van der Waals surface area contributed by atoms with Crippen molar-refractivity contribution >= 4 is 28.9 Å². The van der Waals surface area contributed by atoms with Crippen LogP contribution in [0.2, 0.25) is 10.0 Å². The van der Waals surface area contributed by atoms with Crippen LogP contribution in [0.1, 0.15) is 11.1 Å². The molecule has 0 aliphatic heterocycles. The van der Waals surface area contributed by atoms with Crippen LogP contribution < -0.4 is 4.74 Å². The zero-order valence-electron chi connectivity index (χ0n) is 10.6. The lowest BCUT2D eigenvalue weighted by molar-refractivity contribution is -0.384. The van der Waals surface area contributed by atoms with Gasteiger partial charge in [0.2, 0.25) is 0 Å². The van der Waals surface area contributed by atoms with Gasteiger partial charge in [0.05, 0.1) is 9.95 Å². The van der Waals surface area contributed by atoms with Gasteiger partial charge in [-0.25, -0.2) is 0 Å². The fourth-order valence-electron chi connectivity index (χ4n) is 1.67. The first-order chi connectivity index (χ1) is 9.47. The maximum atomic E-state index is 10.8. The molecule has 0 saturated heterocycles. The highest BCUT2D eigenvalue weighted by molar-refractivity contribution is 6.32. The Bertz CT molecular complexity index is 659. The molecule has 0 atom stereocenters. The van der Waals surface area contributed by atoms with Gasteiger partial charge in [-0.1, -0.05) is 35.3 Å². The van der Waals surface area contributed by atoms with Gasteiger partial charge in [0.1, 0.15) is 17.4 Å². The SMILES string of the molecule is Cc1ccc(OCc2ccc(Cl)c([N+](=O)[O-])c2)c(Cl)c1. The summed E-state index contributed by atoms with van der Waals surface area (Å²) in [7, 11) is 0. The number of hydrogen-bond acceptors (Lipinski definition) is 3. The predicted octanol–water partition coefficient (Wildman–Crippen LogP) is 4.79. The number of nitro benzene ring substituents is 1. The normalized spacial score (nSPS) is 10.3. The molecule has 4 nitrogen and oxygen atoms in total. The van der Waals surface area contributed by atoms with Gasteiger partial charge in [-0.3, -0.25) is 10.1 Å². The number of nitro groups is 1. The van der Waals surface area contributed by atoms with Crippen molar-refractivity contribution in [3.63, 3.8) is 0 Å². The molecule has 0 aliphatic carbocycles. The molecular formula is C14H11Cl2NO3. The highest BCUT2D eigenvalue weighted by atomic mass is 35.5. The van der Waals surface area contributed by atoms with Crippen molar-refractivity contribution < 1.29 is 9.66 Å². The molecule has 0 aromatic heterocycles. The van der Waals surface area contributed by atoms with Gasteiger partial charge in [-0.05, 0) is 36.2 Å². The van der Waals surface area contributed by atoms with Crippen molar-refractivity contribution in [1.29, 1.82) is 0 Å². The monoisotopic (exact) mass is 311 g/mol. The van der Waals surface area contributed by atoms with Gasteiger partial charge in [-0.2, -0.15) is 0 Å². The molecule has 0 aliphatic rings. The average Bonchev–Trinajstić information content (AvgIpc) is 2.39. The molecule has 6 heteroatoms. The first kappa shape index (κ1) is 14.6. The van der Waals surface area contributed by atoms with Gasteiger partial charge in [0.15, 0.2) is 0 Å². The zero-order valence-corrected chi connectivity index (χ0v) is 12.1. The van der Waals surface area contributed by atoms with E-state index < -0.39 is 4.92 Å². The van der Waals surface area contributed by atoms with E-state index in [-0.39, 0.29) is 17.3 Å². The standard InChI is InChI=1S/C14H11Cl2NO3/c1-9-2-5-14(12(16)6-9)20-8-10-3-4-11(15)13(7-10)17(18)19/h2-7H,8H2,1H3. The smallest absolute Gasteiger partial charge is 0.288 e. The first-order valence-electron chi connectivity index (χ1n) is 5.79. The summed E-state index contributed by atoms with van der Waals surface area (Å²) in [5.41, 5.74) is 1.55. The summed E-state index contributed by atoms with van der Waals surface area (Å²) in [6.07, 6.45) is 0. The van der Waals surface area contributed by atoms with Gasteiger partial charge >= 0.3 is 0 Å². The van der Waals surface area contributed by atoms with Crippen LogP contribution in [-0.4, -0.2) is 4.92 Å². The molecule has 0 heterocycles. The Hall–Kier alpha value is -1.78. The van der Waals surface area contributed by atoms with E-state index in [0.29, 0.717) is 16.3 Å². The molecule has 0 fully saturated rings. The van der Waals surface area contributed by atoms with Crippen LogP contribution >= 0.6 is 23.2 Å². The average molecular weight is 312 g/mol. The third-order valence-electron chi connectivity index (χ3n) is 2.69. The molecule has 2 aromatic carbocycles.